The van der Waals surface area contributed by atoms with Crippen LogP contribution in [-0.2, 0) is 0 Å². The minimum atomic E-state index is -1.42. The SMILES string of the molecule is CC(O)C(O)C(=O)c1ccc(-c2nc3ccccc3o2)cc1. The molecule has 0 saturated heterocycles. The van der Waals surface area contributed by atoms with Crippen LogP contribution in [0.5, 0.6) is 0 Å². The van der Waals surface area contributed by atoms with E-state index in [-0.39, 0.29) is 0 Å². The number of oxazole rings is 1. The topological polar surface area (TPSA) is 83.6 Å². The molecule has 2 aromatic carbocycles. The predicted octanol–water partition coefficient (Wildman–Crippen LogP) is 2.42. The second-order valence-corrected chi connectivity index (χ2v) is 5.11. The van der Waals surface area contributed by atoms with Crippen molar-refractivity contribution in [3.05, 3.63) is 54.1 Å². The monoisotopic (exact) mass is 297 g/mol. The molecule has 112 valence electrons. The lowest BCUT2D eigenvalue weighted by Gasteiger charge is -2.12. The first kappa shape index (κ1) is 14.4. The molecule has 2 atom stereocenters. The molecule has 22 heavy (non-hydrogen) atoms. The van der Waals surface area contributed by atoms with Crippen molar-refractivity contribution < 1.29 is 19.4 Å². The highest BCUT2D eigenvalue weighted by atomic mass is 16.3. The Balaban J connectivity index is 1.89. The first-order valence-corrected chi connectivity index (χ1v) is 6.92. The van der Waals surface area contributed by atoms with E-state index in [9.17, 15) is 15.0 Å². The Bertz CT molecular complexity index is 772. The van der Waals surface area contributed by atoms with Gasteiger partial charge in [0.2, 0.25) is 5.89 Å². The summed E-state index contributed by atoms with van der Waals surface area (Å²) in [5.41, 5.74) is 2.52. The summed E-state index contributed by atoms with van der Waals surface area (Å²) in [5, 5.41) is 18.9. The second-order valence-electron chi connectivity index (χ2n) is 5.11. The van der Waals surface area contributed by atoms with E-state index in [4.69, 9.17) is 4.42 Å². The Hall–Kier alpha value is -2.50. The summed E-state index contributed by atoms with van der Waals surface area (Å²) >= 11 is 0. The van der Waals surface area contributed by atoms with Crippen LogP contribution in [0.25, 0.3) is 22.6 Å². The van der Waals surface area contributed by atoms with E-state index < -0.39 is 18.0 Å². The molecule has 0 aliphatic carbocycles. The lowest BCUT2D eigenvalue weighted by molar-refractivity contribution is 0.0290. The Morgan fingerprint density at radius 2 is 1.77 bits per heavy atom. The van der Waals surface area contributed by atoms with E-state index in [1.54, 1.807) is 24.3 Å². The van der Waals surface area contributed by atoms with Crippen LogP contribution in [0.15, 0.2) is 52.9 Å². The van der Waals surface area contributed by atoms with Gasteiger partial charge < -0.3 is 14.6 Å². The molecule has 2 unspecified atom stereocenters. The molecule has 0 fully saturated rings. The van der Waals surface area contributed by atoms with E-state index in [2.05, 4.69) is 4.98 Å². The number of aliphatic hydroxyl groups is 2. The summed E-state index contributed by atoms with van der Waals surface area (Å²) in [7, 11) is 0. The highest BCUT2D eigenvalue weighted by Crippen LogP contribution is 2.24. The molecular weight excluding hydrogens is 282 g/mol. The minimum absolute atomic E-state index is 0.327. The smallest absolute Gasteiger partial charge is 0.227 e. The highest BCUT2D eigenvalue weighted by molar-refractivity contribution is 6.00. The van der Waals surface area contributed by atoms with Gasteiger partial charge >= 0.3 is 0 Å². The highest BCUT2D eigenvalue weighted by Gasteiger charge is 2.22. The molecule has 0 amide bonds. The number of rotatable bonds is 4. The van der Waals surface area contributed by atoms with Crippen LogP contribution in [0.2, 0.25) is 0 Å². The maximum absolute atomic E-state index is 11.9. The van der Waals surface area contributed by atoms with E-state index in [0.29, 0.717) is 17.0 Å². The van der Waals surface area contributed by atoms with Crippen molar-refractivity contribution in [2.24, 2.45) is 0 Å². The van der Waals surface area contributed by atoms with Gasteiger partial charge in [-0.1, -0.05) is 24.3 Å². The van der Waals surface area contributed by atoms with Gasteiger partial charge in [-0.3, -0.25) is 4.79 Å². The number of carbonyl (C=O) groups is 1. The van der Waals surface area contributed by atoms with Crippen LogP contribution >= 0.6 is 0 Å². The maximum Gasteiger partial charge on any atom is 0.227 e. The molecular formula is C17H15NO4. The second kappa shape index (κ2) is 5.71. The summed E-state index contributed by atoms with van der Waals surface area (Å²) in [5.74, 6) is -0.0459. The Kier molecular flexibility index (Phi) is 3.75. The van der Waals surface area contributed by atoms with Gasteiger partial charge in [0.05, 0.1) is 6.10 Å². The normalized spacial score (nSPS) is 14.0. The quantitative estimate of drug-likeness (QED) is 0.723. The fraction of sp³-hybridized carbons (Fsp3) is 0.176. The average molecular weight is 297 g/mol. The van der Waals surface area contributed by atoms with E-state index in [1.165, 1.54) is 6.92 Å². The number of nitrogens with zero attached hydrogens (tertiary/aromatic N) is 1. The van der Waals surface area contributed by atoms with Crippen LogP contribution in [-0.4, -0.2) is 33.2 Å². The van der Waals surface area contributed by atoms with Gasteiger partial charge in [-0.2, -0.15) is 0 Å². The van der Waals surface area contributed by atoms with Crippen molar-refractivity contribution in [3.8, 4) is 11.5 Å². The van der Waals surface area contributed by atoms with Gasteiger partial charge in [-0.15, -0.1) is 0 Å². The summed E-state index contributed by atoms with van der Waals surface area (Å²) in [6, 6.07) is 14.0. The summed E-state index contributed by atoms with van der Waals surface area (Å²) < 4.78 is 5.65. The lowest BCUT2D eigenvalue weighted by Crippen LogP contribution is -2.31. The van der Waals surface area contributed by atoms with Crippen LogP contribution in [0, 0.1) is 0 Å². The Labute approximate surface area is 126 Å². The Morgan fingerprint density at radius 1 is 1.09 bits per heavy atom. The maximum atomic E-state index is 11.9. The van der Waals surface area contributed by atoms with Crippen molar-refractivity contribution in [1.29, 1.82) is 0 Å². The van der Waals surface area contributed by atoms with Gasteiger partial charge in [-0.05, 0) is 31.2 Å². The molecule has 5 nitrogen and oxygen atoms in total. The van der Waals surface area contributed by atoms with Crippen LogP contribution in [0.4, 0.5) is 0 Å². The number of Topliss-reactive ketones (excluding diaryl/α,β-unsaturated/α-hetero) is 1. The third-order valence-electron chi connectivity index (χ3n) is 3.44. The van der Waals surface area contributed by atoms with Crippen molar-refractivity contribution in [2.75, 3.05) is 0 Å². The van der Waals surface area contributed by atoms with Crippen LogP contribution in [0.1, 0.15) is 17.3 Å². The fourth-order valence-corrected chi connectivity index (χ4v) is 2.16. The van der Waals surface area contributed by atoms with E-state index >= 15 is 0 Å². The molecule has 0 radical (unpaired) electrons. The largest absolute Gasteiger partial charge is 0.436 e. The predicted molar refractivity (Wildman–Crippen MR) is 81.5 cm³/mol. The van der Waals surface area contributed by atoms with Crippen molar-refractivity contribution in [3.63, 3.8) is 0 Å². The van der Waals surface area contributed by atoms with Gasteiger partial charge in [0, 0.05) is 11.1 Å². The molecule has 0 aliphatic heterocycles. The molecule has 0 bridgehead atoms. The molecule has 0 saturated carbocycles. The molecule has 0 spiro atoms. The van der Waals surface area contributed by atoms with Crippen molar-refractivity contribution >= 4 is 16.9 Å². The molecule has 2 N–H and O–H groups in total. The van der Waals surface area contributed by atoms with Gasteiger partial charge in [0.15, 0.2) is 11.4 Å². The number of ketones is 1. The molecule has 1 aromatic heterocycles. The lowest BCUT2D eigenvalue weighted by atomic mass is 10.0. The number of hydrogen-bond donors (Lipinski definition) is 2. The number of fused-ring (bicyclic) bond motifs is 1. The zero-order chi connectivity index (χ0) is 15.7. The van der Waals surface area contributed by atoms with Gasteiger partial charge in [0.25, 0.3) is 0 Å². The number of aliphatic hydroxyl groups excluding tert-OH is 2. The van der Waals surface area contributed by atoms with Crippen molar-refractivity contribution in [1.82, 2.24) is 4.98 Å². The molecule has 3 rings (SSSR count). The summed E-state index contributed by atoms with van der Waals surface area (Å²) in [6.45, 7) is 1.37. The number of carbonyl (C=O) groups excluding carboxylic acids is 1. The van der Waals surface area contributed by atoms with Crippen LogP contribution in [0.3, 0.4) is 0 Å². The number of benzene rings is 2. The van der Waals surface area contributed by atoms with Gasteiger partial charge in [0.1, 0.15) is 11.6 Å². The zero-order valence-corrected chi connectivity index (χ0v) is 11.9. The molecule has 0 aliphatic rings. The Morgan fingerprint density at radius 3 is 2.41 bits per heavy atom. The summed E-state index contributed by atoms with van der Waals surface area (Å²) in [6.07, 6.45) is -2.53. The number of aromatic nitrogens is 1. The van der Waals surface area contributed by atoms with Crippen LogP contribution < -0.4 is 0 Å². The number of para-hydroxylation sites is 2. The van der Waals surface area contributed by atoms with E-state index in [0.717, 1.165) is 11.1 Å². The van der Waals surface area contributed by atoms with Gasteiger partial charge in [-0.25, -0.2) is 4.98 Å². The minimum Gasteiger partial charge on any atom is -0.436 e. The number of hydrogen-bond acceptors (Lipinski definition) is 5. The molecule has 3 aromatic rings. The zero-order valence-electron chi connectivity index (χ0n) is 11.9. The first-order chi connectivity index (χ1) is 10.6. The van der Waals surface area contributed by atoms with Crippen molar-refractivity contribution in [2.45, 2.75) is 19.1 Å². The molecule has 5 heteroatoms. The first-order valence-electron chi connectivity index (χ1n) is 6.92. The van der Waals surface area contributed by atoms with E-state index in [1.807, 2.05) is 24.3 Å². The third-order valence-corrected chi connectivity index (χ3v) is 3.44. The molecule has 1 heterocycles. The average Bonchev–Trinajstić information content (AvgIpc) is 2.97. The standard InChI is InChI=1S/C17H15NO4/c1-10(19)15(20)16(21)11-6-8-12(9-7-11)17-18-13-4-2-3-5-14(13)22-17/h2-10,15,19-20H,1H3. The third kappa shape index (κ3) is 2.64. The summed E-state index contributed by atoms with van der Waals surface area (Å²) in [4.78, 5) is 16.3. The fourth-order valence-electron chi connectivity index (χ4n) is 2.16.